The molecule has 3 aliphatic rings. The van der Waals surface area contributed by atoms with Crippen molar-refractivity contribution >= 4 is 22.9 Å². The van der Waals surface area contributed by atoms with Gasteiger partial charge in [0.2, 0.25) is 5.91 Å². The molecule has 96 valence electrons. The van der Waals surface area contributed by atoms with E-state index in [2.05, 4.69) is 26.6 Å². The van der Waals surface area contributed by atoms with E-state index in [-0.39, 0.29) is 0 Å². The normalized spacial score (nSPS) is 32.2. The zero-order valence-electron chi connectivity index (χ0n) is 10.4. The van der Waals surface area contributed by atoms with Gasteiger partial charge in [-0.1, -0.05) is 0 Å². The molecule has 2 atom stereocenters. The number of nitrogens with zero attached hydrogens (tertiary/aromatic N) is 2. The highest BCUT2D eigenvalue weighted by Gasteiger charge is 2.48. The number of rotatable bonds is 3. The number of hydrogen-bond acceptors (Lipinski definition) is 3. The predicted molar refractivity (Wildman–Crippen MR) is 72.9 cm³/mol. The molecule has 0 aromatic carbocycles. The van der Waals surface area contributed by atoms with Crippen molar-refractivity contribution in [3.05, 3.63) is 16.8 Å². The molecule has 2 aliphatic heterocycles. The summed E-state index contributed by atoms with van der Waals surface area (Å²) in [6.07, 6.45) is 4.68. The summed E-state index contributed by atoms with van der Waals surface area (Å²) in [6, 6.07) is 3.00. The standard InChI is InChI=1S/C14H18N2OS/c17-14-7-13-12(16(14)11-4-6-18-9-11)3-5-15(13)8-10-1-2-10/h4,6,9-10,12-13H,1-3,5,7-8H2/t12-,13+/m0/s1. The molecular weight excluding hydrogens is 244 g/mol. The van der Waals surface area contributed by atoms with Crippen LogP contribution >= 0.6 is 11.3 Å². The first-order valence-corrected chi connectivity index (χ1v) is 7.85. The van der Waals surface area contributed by atoms with Gasteiger partial charge < -0.3 is 4.90 Å². The summed E-state index contributed by atoms with van der Waals surface area (Å²) in [4.78, 5) is 16.9. The fraction of sp³-hybridized carbons (Fsp3) is 0.643. The highest BCUT2D eigenvalue weighted by molar-refractivity contribution is 7.08. The van der Waals surface area contributed by atoms with E-state index >= 15 is 0 Å². The van der Waals surface area contributed by atoms with E-state index in [0.717, 1.165) is 24.4 Å². The van der Waals surface area contributed by atoms with Crippen LogP contribution in [0.1, 0.15) is 25.7 Å². The molecule has 1 aromatic rings. The molecule has 0 spiro atoms. The first-order valence-electron chi connectivity index (χ1n) is 6.91. The van der Waals surface area contributed by atoms with Crippen LogP contribution in [0.5, 0.6) is 0 Å². The molecule has 1 aromatic heterocycles. The summed E-state index contributed by atoms with van der Waals surface area (Å²) < 4.78 is 0. The second-order valence-corrected chi connectivity index (χ2v) is 6.59. The van der Waals surface area contributed by atoms with Gasteiger partial charge in [0.05, 0.1) is 11.7 Å². The van der Waals surface area contributed by atoms with Crippen molar-refractivity contribution in [1.82, 2.24) is 4.90 Å². The maximum absolute atomic E-state index is 12.2. The van der Waals surface area contributed by atoms with Crippen LogP contribution in [0.4, 0.5) is 5.69 Å². The lowest BCUT2D eigenvalue weighted by atomic mass is 10.1. The summed E-state index contributed by atoms with van der Waals surface area (Å²) in [5, 5.41) is 4.16. The Morgan fingerprint density at radius 2 is 2.17 bits per heavy atom. The molecule has 0 N–H and O–H groups in total. The third kappa shape index (κ3) is 1.70. The Balaban J connectivity index is 1.55. The second kappa shape index (κ2) is 4.07. The van der Waals surface area contributed by atoms with Crippen LogP contribution in [0.2, 0.25) is 0 Å². The van der Waals surface area contributed by atoms with E-state index in [4.69, 9.17) is 0 Å². The van der Waals surface area contributed by atoms with Gasteiger partial charge >= 0.3 is 0 Å². The second-order valence-electron chi connectivity index (χ2n) is 5.81. The number of likely N-dealkylation sites (tertiary alicyclic amines) is 1. The van der Waals surface area contributed by atoms with Crippen molar-refractivity contribution in [2.75, 3.05) is 18.0 Å². The molecule has 18 heavy (non-hydrogen) atoms. The lowest BCUT2D eigenvalue weighted by molar-refractivity contribution is -0.117. The maximum atomic E-state index is 12.2. The summed E-state index contributed by atoms with van der Waals surface area (Å²) in [5.74, 6) is 1.25. The van der Waals surface area contributed by atoms with Gasteiger partial charge in [0.1, 0.15) is 0 Å². The number of anilines is 1. The number of fused-ring (bicyclic) bond motifs is 1. The molecule has 2 saturated heterocycles. The Morgan fingerprint density at radius 1 is 1.28 bits per heavy atom. The molecule has 4 rings (SSSR count). The summed E-state index contributed by atoms with van der Waals surface area (Å²) in [5.41, 5.74) is 1.12. The zero-order chi connectivity index (χ0) is 12.1. The molecule has 0 radical (unpaired) electrons. The Labute approximate surface area is 111 Å². The fourth-order valence-corrected chi connectivity index (χ4v) is 4.14. The molecule has 1 aliphatic carbocycles. The van der Waals surface area contributed by atoms with Crippen LogP contribution in [-0.4, -0.2) is 36.0 Å². The highest BCUT2D eigenvalue weighted by Crippen LogP contribution is 2.39. The largest absolute Gasteiger partial charge is 0.307 e. The fourth-order valence-electron chi connectivity index (χ4n) is 3.52. The minimum atomic E-state index is 0.323. The molecule has 1 saturated carbocycles. The van der Waals surface area contributed by atoms with Crippen molar-refractivity contribution in [2.24, 2.45) is 5.92 Å². The van der Waals surface area contributed by atoms with Crippen molar-refractivity contribution in [2.45, 2.75) is 37.8 Å². The van der Waals surface area contributed by atoms with E-state index < -0.39 is 0 Å². The summed E-state index contributed by atoms with van der Waals surface area (Å²) >= 11 is 1.68. The molecule has 3 heterocycles. The molecule has 4 heteroatoms. The van der Waals surface area contributed by atoms with Gasteiger partial charge in [-0.2, -0.15) is 11.3 Å². The SMILES string of the molecule is O=C1C[C@@H]2[C@H](CCN2CC2CC2)N1c1ccsc1. The van der Waals surface area contributed by atoms with Gasteiger partial charge in [0.15, 0.2) is 0 Å². The number of amides is 1. The van der Waals surface area contributed by atoms with E-state index in [9.17, 15) is 4.79 Å². The number of hydrogen-bond donors (Lipinski definition) is 0. The Kier molecular flexibility index (Phi) is 2.49. The first-order chi connectivity index (χ1) is 8.83. The average molecular weight is 262 g/mol. The molecule has 0 unspecified atom stereocenters. The maximum Gasteiger partial charge on any atom is 0.228 e. The molecule has 0 bridgehead atoms. The Bertz CT molecular complexity index is 454. The van der Waals surface area contributed by atoms with Crippen LogP contribution in [0.3, 0.4) is 0 Å². The minimum Gasteiger partial charge on any atom is -0.307 e. The quantitative estimate of drug-likeness (QED) is 0.835. The van der Waals surface area contributed by atoms with Gasteiger partial charge in [0.25, 0.3) is 0 Å². The lowest BCUT2D eigenvalue weighted by Crippen LogP contribution is -2.37. The van der Waals surface area contributed by atoms with Crippen LogP contribution in [0, 0.1) is 5.92 Å². The highest BCUT2D eigenvalue weighted by atomic mass is 32.1. The predicted octanol–water partition coefficient (Wildman–Crippen LogP) is 2.34. The van der Waals surface area contributed by atoms with E-state index in [0.29, 0.717) is 18.0 Å². The topological polar surface area (TPSA) is 23.6 Å². The molecule has 3 fully saturated rings. The molecule has 3 nitrogen and oxygen atoms in total. The van der Waals surface area contributed by atoms with E-state index in [1.54, 1.807) is 11.3 Å². The molecule has 1 amide bonds. The summed E-state index contributed by atoms with van der Waals surface area (Å²) in [7, 11) is 0. The first kappa shape index (κ1) is 11.0. The van der Waals surface area contributed by atoms with Crippen LogP contribution in [-0.2, 0) is 4.79 Å². The Hall–Kier alpha value is -0.870. The minimum absolute atomic E-state index is 0.323. The van der Waals surface area contributed by atoms with Crippen LogP contribution in [0.25, 0.3) is 0 Å². The van der Waals surface area contributed by atoms with Crippen LogP contribution < -0.4 is 4.90 Å². The third-order valence-electron chi connectivity index (χ3n) is 4.58. The van der Waals surface area contributed by atoms with E-state index in [1.807, 2.05) is 0 Å². The van der Waals surface area contributed by atoms with Gasteiger partial charge in [-0.05, 0) is 36.6 Å². The molecular formula is C14H18N2OS. The zero-order valence-corrected chi connectivity index (χ0v) is 11.2. The lowest BCUT2D eigenvalue weighted by Gasteiger charge is -2.24. The Morgan fingerprint density at radius 3 is 2.89 bits per heavy atom. The van der Waals surface area contributed by atoms with Crippen LogP contribution in [0.15, 0.2) is 16.8 Å². The van der Waals surface area contributed by atoms with Gasteiger partial charge in [0, 0.05) is 30.9 Å². The van der Waals surface area contributed by atoms with Gasteiger partial charge in [-0.3, -0.25) is 9.69 Å². The average Bonchev–Trinajstić information content (AvgIpc) is 2.76. The third-order valence-corrected chi connectivity index (χ3v) is 5.25. The van der Waals surface area contributed by atoms with Gasteiger partial charge in [-0.25, -0.2) is 0 Å². The van der Waals surface area contributed by atoms with Crippen molar-refractivity contribution in [1.29, 1.82) is 0 Å². The van der Waals surface area contributed by atoms with Gasteiger partial charge in [-0.15, -0.1) is 0 Å². The monoisotopic (exact) mass is 262 g/mol. The smallest absolute Gasteiger partial charge is 0.228 e. The summed E-state index contributed by atoms with van der Waals surface area (Å²) in [6.45, 7) is 2.41. The van der Waals surface area contributed by atoms with Crippen molar-refractivity contribution < 1.29 is 4.79 Å². The number of carbonyl (C=O) groups is 1. The van der Waals surface area contributed by atoms with Crippen molar-refractivity contribution in [3.63, 3.8) is 0 Å². The van der Waals surface area contributed by atoms with Crippen molar-refractivity contribution in [3.8, 4) is 0 Å². The number of thiophene rings is 1. The number of carbonyl (C=O) groups excluding carboxylic acids is 1. The van der Waals surface area contributed by atoms with E-state index in [1.165, 1.54) is 25.9 Å².